The predicted molar refractivity (Wildman–Crippen MR) is 137 cm³/mol. The number of rotatable bonds is 10. The monoisotopic (exact) mass is 526 g/mol. The SMILES string of the molecule is CCN(CC)CCN(C(=O)c1ccc(S(=O)(=O)CC)cc1)c1nc2ccc([N+](=O)[O-])cc2s1.Cl. The molecule has 0 aliphatic heterocycles. The number of benzene rings is 2. The summed E-state index contributed by atoms with van der Waals surface area (Å²) in [5.74, 6) is -0.329. The largest absolute Gasteiger partial charge is 0.302 e. The van der Waals surface area contributed by atoms with Gasteiger partial charge in [0.15, 0.2) is 15.0 Å². The van der Waals surface area contributed by atoms with Crippen molar-refractivity contribution in [3.05, 3.63) is 58.1 Å². The number of halogens is 1. The lowest BCUT2D eigenvalue weighted by molar-refractivity contribution is -0.384. The van der Waals surface area contributed by atoms with E-state index in [4.69, 9.17) is 0 Å². The highest BCUT2D eigenvalue weighted by atomic mass is 35.5. The third kappa shape index (κ3) is 6.09. The van der Waals surface area contributed by atoms with Crippen LogP contribution in [0.1, 0.15) is 31.1 Å². The van der Waals surface area contributed by atoms with Crippen molar-refractivity contribution in [1.29, 1.82) is 0 Å². The van der Waals surface area contributed by atoms with Gasteiger partial charge in [-0.15, -0.1) is 12.4 Å². The Labute approximate surface area is 208 Å². The van der Waals surface area contributed by atoms with E-state index in [1.807, 2.05) is 13.8 Å². The molecule has 0 aliphatic carbocycles. The van der Waals surface area contributed by atoms with E-state index in [1.54, 1.807) is 17.9 Å². The second-order valence-corrected chi connectivity index (χ2v) is 10.6. The molecule has 0 aliphatic rings. The summed E-state index contributed by atoms with van der Waals surface area (Å²) in [4.78, 5) is 32.5. The number of anilines is 1. The number of sulfone groups is 1. The van der Waals surface area contributed by atoms with E-state index < -0.39 is 14.8 Å². The first kappa shape index (κ1) is 27.6. The predicted octanol–water partition coefficient (Wildman–Crippen LogP) is 4.41. The summed E-state index contributed by atoms with van der Waals surface area (Å²) in [5, 5.41) is 11.6. The van der Waals surface area contributed by atoms with Crippen molar-refractivity contribution in [2.45, 2.75) is 25.7 Å². The van der Waals surface area contributed by atoms with Crippen LogP contribution in [0, 0.1) is 10.1 Å². The van der Waals surface area contributed by atoms with Gasteiger partial charge in [0, 0.05) is 30.8 Å². The number of nitro groups is 1. The molecular weight excluding hydrogens is 500 g/mol. The molecule has 0 saturated heterocycles. The first-order valence-electron chi connectivity index (χ1n) is 10.6. The Hall–Kier alpha value is -2.60. The molecule has 2 aromatic carbocycles. The van der Waals surface area contributed by atoms with Crippen LogP contribution in [0.2, 0.25) is 0 Å². The van der Waals surface area contributed by atoms with Crippen LogP contribution in [0.5, 0.6) is 0 Å². The molecule has 34 heavy (non-hydrogen) atoms. The number of carbonyl (C=O) groups excluding carboxylic acids is 1. The van der Waals surface area contributed by atoms with Crippen molar-refractivity contribution in [2.24, 2.45) is 0 Å². The van der Waals surface area contributed by atoms with Gasteiger partial charge in [0.2, 0.25) is 0 Å². The Morgan fingerprint density at radius 1 is 1.06 bits per heavy atom. The van der Waals surface area contributed by atoms with E-state index in [0.29, 0.717) is 34.0 Å². The number of aromatic nitrogens is 1. The van der Waals surface area contributed by atoms with Gasteiger partial charge in [0.25, 0.3) is 11.6 Å². The standard InChI is InChI=1S/C22H26N4O5S2.ClH/c1-4-24(5-2)13-14-25(21(27)16-7-10-18(11-8-16)33(30,31)6-3)22-23-19-12-9-17(26(28)29)15-20(19)32-22;/h7-12,15H,4-6,13-14H2,1-3H3;1H. The van der Waals surface area contributed by atoms with E-state index in [2.05, 4.69) is 9.88 Å². The number of non-ortho nitro benzene ring substituents is 1. The van der Waals surface area contributed by atoms with E-state index in [1.165, 1.54) is 47.7 Å². The van der Waals surface area contributed by atoms with Crippen LogP contribution in [0.25, 0.3) is 10.2 Å². The van der Waals surface area contributed by atoms with Gasteiger partial charge in [-0.3, -0.25) is 19.8 Å². The smallest absolute Gasteiger partial charge is 0.270 e. The highest BCUT2D eigenvalue weighted by Gasteiger charge is 2.23. The second kappa shape index (κ2) is 11.7. The molecule has 0 saturated carbocycles. The molecule has 1 aromatic heterocycles. The molecule has 9 nitrogen and oxygen atoms in total. The zero-order valence-corrected chi connectivity index (χ0v) is 21.6. The molecule has 0 radical (unpaired) electrons. The number of hydrogen-bond acceptors (Lipinski definition) is 8. The molecule has 12 heteroatoms. The van der Waals surface area contributed by atoms with Gasteiger partial charge in [-0.25, -0.2) is 13.4 Å². The number of nitrogens with zero attached hydrogens (tertiary/aromatic N) is 4. The maximum Gasteiger partial charge on any atom is 0.270 e. The summed E-state index contributed by atoms with van der Waals surface area (Å²) in [6.45, 7) is 8.30. The zero-order valence-electron chi connectivity index (χ0n) is 19.1. The Morgan fingerprint density at radius 3 is 2.26 bits per heavy atom. The first-order valence-corrected chi connectivity index (χ1v) is 13.1. The van der Waals surface area contributed by atoms with E-state index in [9.17, 15) is 23.3 Å². The molecule has 184 valence electrons. The van der Waals surface area contributed by atoms with Crippen LogP contribution in [0.15, 0.2) is 47.4 Å². The van der Waals surface area contributed by atoms with Gasteiger partial charge in [-0.1, -0.05) is 32.1 Å². The van der Waals surface area contributed by atoms with Crippen LogP contribution >= 0.6 is 23.7 Å². The lowest BCUT2D eigenvalue weighted by atomic mass is 10.2. The van der Waals surface area contributed by atoms with E-state index in [0.717, 1.165) is 13.1 Å². The molecular formula is C22H27ClN4O5S2. The minimum Gasteiger partial charge on any atom is -0.302 e. The number of likely N-dealkylation sites (N-methyl/N-ethyl adjacent to an activating group) is 1. The van der Waals surface area contributed by atoms with Crippen molar-refractivity contribution < 1.29 is 18.1 Å². The fraction of sp³-hybridized carbons (Fsp3) is 0.364. The number of thiazole rings is 1. The summed E-state index contributed by atoms with van der Waals surface area (Å²) in [5.41, 5.74) is 0.881. The fourth-order valence-electron chi connectivity index (χ4n) is 3.32. The highest BCUT2D eigenvalue weighted by Crippen LogP contribution is 2.32. The number of nitro benzene ring substituents is 1. The number of carbonyl (C=O) groups is 1. The molecule has 3 rings (SSSR count). The van der Waals surface area contributed by atoms with Crippen LogP contribution in [-0.4, -0.2) is 61.1 Å². The van der Waals surface area contributed by atoms with Crippen molar-refractivity contribution in [3.8, 4) is 0 Å². The Kier molecular flexibility index (Phi) is 9.51. The summed E-state index contributed by atoms with van der Waals surface area (Å²) in [6.07, 6.45) is 0. The third-order valence-corrected chi connectivity index (χ3v) is 8.21. The third-order valence-electron chi connectivity index (χ3n) is 5.42. The second-order valence-electron chi connectivity index (χ2n) is 7.32. The van der Waals surface area contributed by atoms with Crippen LogP contribution < -0.4 is 4.90 Å². The molecule has 0 unspecified atom stereocenters. The van der Waals surface area contributed by atoms with Crippen molar-refractivity contribution in [2.75, 3.05) is 36.8 Å². The molecule has 0 atom stereocenters. The molecule has 1 heterocycles. The highest BCUT2D eigenvalue weighted by molar-refractivity contribution is 7.91. The van der Waals surface area contributed by atoms with Gasteiger partial charge in [0.05, 0.1) is 25.8 Å². The van der Waals surface area contributed by atoms with E-state index >= 15 is 0 Å². The minimum absolute atomic E-state index is 0. The summed E-state index contributed by atoms with van der Waals surface area (Å²) in [7, 11) is -3.37. The van der Waals surface area contributed by atoms with Crippen molar-refractivity contribution in [1.82, 2.24) is 9.88 Å². The Balaban J connectivity index is 0.00000408. The first-order chi connectivity index (χ1) is 15.7. The number of amides is 1. The van der Waals surface area contributed by atoms with Gasteiger partial charge >= 0.3 is 0 Å². The average molecular weight is 527 g/mol. The summed E-state index contributed by atoms with van der Waals surface area (Å²) in [6, 6.07) is 10.3. The number of hydrogen-bond donors (Lipinski definition) is 0. The average Bonchev–Trinajstić information content (AvgIpc) is 3.24. The van der Waals surface area contributed by atoms with Gasteiger partial charge in [0.1, 0.15) is 0 Å². The minimum atomic E-state index is -3.37. The Bertz CT molecular complexity index is 1260. The molecule has 0 spiro atoms. The van der Waals surface area contributed by atoms with Crippen LogP contribution in [0.4, 0.5) is 10.8 Å². The molecule has 0 N–H and O–H groups in total. The van der Waals surface area contributed by atoms with Gasteiger partial charge in [-0.2, -0.15) is 0 Å². The quantitative estimate of drug-likeness (QED) is 0.284. The molecule has 3 aromatic rings. The summed E-state index contributed by atoms with van der Waals surface area (Å²) >= 11 is 1.21. The number of fused-ring (bicyclic) bond motifs is 1. The normalized spacial score (nSPS) is 11.4. The van der Waals surface area contributed by atoms with Crippen LogP contribution in [-0.2, 0) is 9.84 Å². The zero-order chi connectivity index (χ0) is 24.2. The molecule has 1 amide bonds. The lowest BCUT2D eigenvalue weighted by Crippen LogP contribution is -2.38. The Morgan fingerprint density at radius 2 is 1.71 bits per heavy atom. The fourth-order valence-corrected chi connectivity index (χ4v) is 5.23. The van der Waals surface area contributed by atoms with Gasteiger partial charge < -0.3 is 4.90 Å². The summed E-state index contributed by atoms with van der Waals surface area (Å²) < 4.78 is 24.8. The van der Waals surface area contributed by atoms with Crippen molar-refractivity contribution >= 4 is 60.5 Å². The van der Waals surface area contributed by atoms with Crippen LogP contribution in [0.3, 0.4) is 0 Å². The molecule has 0 fully saturated rings. The van der Waals surface area contributed by atoms with Gasteiger partial charge in [-0.05, 0) is 43.4 Å². The lowest BCUT2D eigenvalue weighted by Gasteiger charge is -2.24. The maximum absolute atomic E-state index is 13.4. The maximum atomic E-state index is 13.4. The van der Waals surface area contributed by atoms with Crippen molar-refractivity contribution in [3.63, 3.8) is 0 Å². The molecule has 0 bridgehead atoms. The topological polar surface area (TPSA) is 114 Å². The van der Waals surface area contributed by atoms with E-state index in [-0.39, 0.29) is 34.6 Å².